The van der Waals surface area contributed by atoms with Crippen LogP contribution in [0.5, 0.6) is 5.75 Å². The Hall–Kier alpha value is -0.590. The lowest BCUT2D eigenvalue weighted by Gasteiger charge is -2.02. The van der Waals surface area contributed by atoms with Crippen LogP contribution in [0.2, 0.25) is 0 Å². The molecular weight excluding hydrogens is 159 g/mol. The fourth-order valence-corrected chi connectivity index (χ4v) is 1.62. The molecule has 0 fully saturated rings. The molecule has 0 bridgehead atoms. The number of benzene rings is 1. The highest BCUT2D eigenvalue weighted by Crippen LogP contribution is 2.29. The molecule has 1 aliphatic heterocycles. The van der Waals surface area contributed by atoms with Gasteiger partial charge in [-0.15, -0.1) is 0 Å². The van der Waals surface area contributed by atoms with E-state index in [9.17, 15) is 0 Å². The zero-order valence-corrected chi connectivity index (χ0v) is 7.04. The molecule has 0 saturated carbocycles. The number of hydrogen-bond donors (Lipinski definition) is 0. The number of para-hydroxylation sites is 1. The second kappa shape index (κ2) is 3.21. The Labute approximate surface area is 67.5 Å². The van der Waals surface area contributed by atoms with Crippen molar-refractivity contribution >= 4 is 9.03 Å². The summed E-state index contributed by atoms with van der Waals surface area (Å²) in [4.78, 5) is 0. The van der Waals surface area contributed by atoms with Crippen molar-refractivity contribution in [3.8, 4) is 5.75 Å². The Kier molecular flexibility index (Phi) is 2.06. The van der Waals surface area contributed by atoms with Crippen molar-refractivity contribution in [3.05, 3.63) is 29.8 Å². The summed E-state index contributed by atoms with van der Waals surface area (Å²) in [6.45, 7) is 0.773. The molecule has 2 nitrogen and oxygen atoms in total. The van der Waals surface area contributed by atoms with E-state index in [-0.39, 0.29) is 9.03 Å². The minimum atomic E-state index is 0.162. The van der Waals surface area contributed by atoms with Crippen LogP contribution >= 0.6 is 9.03 Å². The van der Waals surface area contributed by atoms with Gasteiger partial charge >= 0.3 is 0 Å². The molecule has 1 heterocycles. The van der Waals surface area contributed by atoms with E-state index in [0.29, 0.717) is 0 Å². The summed E-state index contributed by atoms with van der Waals surface area (Å²) in [5, 5.41) is 0. The minimum absolute atomic E-state index is 0.162. The highest BCUT2D eigenvalue weighted by Gasteiger charge is 2.06. The maximum Gasteiger partial charge on any atom is 0.215 e. The summed E-state index contributed by atoms with van der Waals surface area (Å²) in [6, 6.07) is 8.07. The Morgan fingerprint density at radius 2 is 2.18 bits per heavy atom. The van der Waals surface area contributed by atoms with E-state index in [4.69, 9.17) is 9.05 Å². The Balaban J connectivity index is 2.33. The van der Waals surface area contributed by atoms with Gasteiger partial charge in [-0.05, 0) is 18.1 Å². The molecular formula is C8H9O2P. The topological polar surface area (TPSA) is 18.5 Å². The molecule has 0 spiro atoms. The predicted octanol–water partition coefficient (Wildman–Crippen LogP) is 2.15. The highest BCUT2D eigenvalue weighted by atomic mass is 31.1. The van der Waals surface area contributed by atoms with Gasteiger partial charge in [-0.1, -0.05) is 18.2 Å². The first kappa shape index (κ1) is 7.08. The van der Waals surface area contributed by atoms with Crippen molar-refractivity contribution in [2.24, 2.45) is 0 Å². The fraction of sp³-hybridized carbons (Fsp3) is 0.250. The molecule has 1 unspecified atom stereocenters. The van der Waals surface area contributed by atoms with Gasteiger partial charge in [0.1, 0.15) is 5.75 Å². The van der Waals surface area contributed by atoms with Gasteiger partial charge in [0, 0.05) is 0 Å². The fourth-order valence-electron chi connectivity index (χ4n) is 1.09. The van der Waals surface area contributed by atoms with E-state index in [0.717, 1.165) is 18.8 Å². The third-order valence-electron chi connectivity index (χ3n) is 1.66. The zero-order chi connectivity index (χ0) is 7.52. The van der Waals surface area contributed by atoms with Crippen LogP contribution in [0.4, 0.5) is 0 Å². The van der Waals surface area contributed by atoms with Gasteiger partial charge in [0.2, 0.25) is 9.03 Å². The molecule has 1 aromatic rings. The lowest BCUT2D eigenvalue weighted by atomic mass is 10.1. The number of rotatable bonds is 0. The van der Waals surface area contributed by atoms with Crippen molar-refractivity contribution < 1.29 is 9.05 Å². The second-order valence-electron chi connectivity index (χ2n) is 2.39. The quantitative estimate of drug-likeness (QED) is 0.552. The average Bonchev–Trinajstić information content (AvgIpc) is 2.28. The van der Waals surface area contributed by atoms with Crippen LogP contribution < -0.4 is 4.52 Å². The molecule has 0 aliphatic carbocycles. The monoisotopic (exact) mass is 168 g/mol. The summed E-state index contributed by atoms with van der Waals surface area (Å²) in [7, 11) is 0.162. The summed E-state index contributed by atoms with van der Waals surface area (Å²) in [5.41, 5.74) is 1.25. The lowest BCUT2D eigenvalue weighted by molar-refractivity contribution is 0.347. The smallest absolute Gasteiger partial charge is 0.215 e. The van der Waals surface area contributed by atoms with Crippen molar-refractivity contribution in [3.63, 3.8) is 0 Å². The van der Waals surface area contributed by atoms with Crippen LogP contribution in [0.3, 0.4) is 0 Å². The van der Waals surface area contributed by atoms with Crippen molar-refractivity contribution in [1.29, 1.82) is 0 Å². The molecule has 3 heteroatoms. The van der Waals surface area contributed by atoms with Crippen LogP contribution in [0, 0.1) is 0 Å². The standard InChI is InChI=1S/C8H9O2P/c1-2-4-8-7(3-1)5-6-9-11-10-8/h1-4,11H,5-6H2. The molecule has 0 aromatic heterocycles. The van der Waals surface area contributed by atoms with Crippen molar-refractivity contribution in [2.45, 2.75) is 6.42 Å². The summed E-state index contributed by atoms with van der Waals surface area (Å²) in [5.74, 6) is 0.975. The molecule has 0 saturated heterocycles. The third-order valence-corrected chi connectivity index (χ3v) is 2.28. The first-order valence-electron chi connectivity index (χ1n) is 3.58. The third kappa shape index (κ3) is 1.52. The zero-order valence-electron chi connectivity index (χ0n) is 6.04. The average molecular weight is 168 g/mol. The number of fused-ring (bicyclic) bond motifs is 1. The van der Waals surface area contributed by atoms with Gasteiger partial charge < -0.3 is 9.05 Å². The van der Waals surface area contributed by atoms with E-state index in [1.54, 1.807) is 0 Å². The van der Waals surface area contributed by atoms with Crippen LogP contribution in [-0.4, -0.2) is 6.61 Å². The van der Waals surface area contributed by atoms with Gasteiger partial charge in [-0.2, -0.15) is 0 Å². The van der Waals surface area contributed by atoms with E-state index >= 15 is 0 Å². The Morgan fingerprint density at radius 3 is 3.18 bits per heavy atom. The van der Waals surface area contributed by atoms with Crippen molar-refractivity contribution in [1.82, 2.24) is 0 Å². The largest absolute Gasteiger partial charge is 0.449 e. The first-order valence-corrected chi connectivity index (χ1v) is 4.40. The van der Waals surface area contributed by atoms with Gasteiger partial charge in [0.05, 0.1) is 6.61 Å². The molecule has 1 aromatic carbocycles. The molecule has 58 valence electrons. The number of hydrogen-bond acceptors (Lipinski definition) is 2. The molecule has 0 radical (unpaired) electrons. The summed E-state index contributed by atoms with van der Waals surface area (Å²) >= 11 is 0. The SMILES string of the molecule is c1ccc2c(c1)CCOPO2. The lowest BCUT2D eigenvalue weighted by Crippen LogP contribution is -1.88. The normalized spacial score (nSPS) is 18.5. The molecule has 0 amide bonds. The Morgan fingerprint density at radius 1 is 1.27 bits per heavy atom. The Bertz CT molecular complexity index is 225. The molecule has 1 atom stereocenters. The molecule has 1 aliphatic rings. The summed E-state index contributed by atoms with van der Waals surface area (Å²) < 4.78 is 10.5. The minimum Gasteiger partial charge on any atom is -0.449 e. The summed E-state index contributed by atoms with van der Waals surface area (Å²) in [6.07, 6.45) is 0.961. The van der Waals surface area contributed by atoms with Crippen LogP contribution in [0.25, 0.3) is 0 Å². The maximum atomic E-state index is 5.35. The van der Waals surface area contributed by atoms with E-state index < -0.39 is 0 Å². The van der Waals surface area contributed by atoms with Gasteiger partial charge in [-0.25, -0.2) is 0 Å². The van der Waals surface area contributed by atoms with Gasteiger partial charge in [0.15, 0.2) is 0 Å². The maximum absolute atomic E-state index is 5.35. The van der Waals surface area contributed by atoms with Crippen molar-refractivity contribution in [2.75, 3.05) is 6.61 Å². The highest BCUT2D eigenvalue weighted by molar-refractivity contribution is 7.26. The first-order chi connectivity index (χ1) is 5.47. The molecule has 11 heavy (non-hydrogen) atoms. The van der Waals surface area contributed by atoms with Crippen LogP contribution in [-0.2, 0) is 10.9 Å². The van der Waals surface area contributed by atoms with E-state index in [1.807, 2.05) is 18.2 Å². The molecule has 2 rings (SSSR count). The molecule has 0 N–H and O–H groups in total. The van der Waals surface area contributed by atoms with Gasteiger partial charge in [0.25, 0.3) is 0 Å². The second-order valence-corrected chi connectivity index (χ2v) is 3.05. The van der Waals surface area contributed by atoms with Crippen LogP contribution in [0.1, 0.15) is 5.56 Å². The van der Waals surface area contributed by atoms with Gasteiger partial charge in [-0.3, -0.25) is 0 Å². The van der Waals surface area contributed by atoms with Crippen LogP contribution in [0.15, 0.2) is 24.3 Å². The van der Waals surface area contributed by atoms with E-state index in [1.165, 1.54) is 5.56 Å². The van der Waals surface area contributed by atoms with E-state index in [2.05, 4.69) is 6.07 Å². The predicted molar refractivity (Wildman–Crippen MR) is 45.0 cm³/mol.